The fourth-order valence-corrected chi connectivity index (χ4v) is 3.67. The topological polar surface area (TPSA) is 59.3 Å². The van der Waals surface area contributed by atoms with Crippen LogP contribution in [0.1, 0.15) is 52.9 Å². The van der Waals surface area contributed by atoms with Crippen LogP contribution in [0.2, 0.25) is 0 Å². The molecule has 0 saturated heterocycles. The Bertz CT molecular complexity index is 901. The second-order valence-corrected chi connectivity index (χ2v) is 6.93. The Morgan fingerprint density at radius 3 is 2.69 bits per heavy atom. The lowest BCUT2D eigenvalue weighted by Gasteiger charge is -2.14. The number of benzene rings is 1. The number of aryl methyl sites for hydroxylation is 2. The maximum absolute atomic E-state index is 12.6. The molecule has 26 heavy (non-hydrogen) atoms. The van der Waals surface area contributed by atoms with Gasteiger partial charge in [0.15, 0.2) is 5.65 Å². The number of rotatable bonds is 4. The van der Waals surface area contributed by atoms with Crippen LogP contribution in [0.3, 0.4) is 0 Å². The predicted molar refractivity (Wildman–Crippen MR) is 101 cm³/mol. The van der Waals surface area contributed by atoms with E-state index in [1.165, 1.54) is 42.5 Å². The van der Waals surface area contributed by atoms with Gasteiger partial charge in [-0.2, -0.15) is 5.10 Å². The van der Waals surface area contributed by atoms with Crippen LogP contribution in [0.25, 0.3) is 5.65 Å². The van der Waals surface area contributed by atoms with Gasteiger partial charge in [0.1, 0.15) is 5.56 Å². The molecule has 134 valence electrons. The molecule has 0 aliphatic heterocycles. The molecule has 1 aromatic carbocycles. The van der Waals surface area contributed by atoms with Gasteiger partial charge in [-0.15, -0.1) is 0 Å². The number of hydrogen-bond acceptors (Lipinski definition) is 3. The van der Waals surface area contributed by atoms with E-state index in [1.807, 2.05) is 28.9 Å². The Hall–Kier alpha value is -2.69. The molecule has 5 nitrogen and oxygen atoms in total. The van der Waals surface area contributed by atoms with Crippen molar-refractivity contribution in [2.45, 2.75) is 44.9 Å². The van der Waals surface area contributed by atoms with Crippen molar-refractivity contribution in [1.82, 2.24) is 19.9 Å². The van der Waals surface area contributed by atoms with Crippen LogP contribution in [0.4, 0.5) is 0 Å². The summed E-state index contributed by atoms with van der Waals surface area (Å²) in [4.78, 5) is 17.2. The quantitative estimate of drug-likeness (QED) is 0.786. The molecule has 1 aliphatic carbocycles. The maximum atomic E-state index is 12.6. The Morgan fingerprint density at radius 1 is 1.04 bits per heavy atom. The molecule has 0 bridgehead atoms. The molecule has 0 saturated carbocycles. The number of amides is 1. The lowest BCUT2D eigenvalue weighted by atomic mass is 9.98. The average Bonchev–Trinajstić information content (AvgIpc) is 3.07. The van der Waals surface area contributed by atoms with Crippen molar-refractivity contribution in [2.24, 2.45) is 0 Å². The SMILES string of the molecule is O=C(NCCc1ccccc1)c1cnn2c3c(cnc12)CCCCCC3. The van der Waals surface area contributed by atoms with E-state index < -0.39 is 0 Å². The summed E-state index contributed by atoms with van der Waals surface area (Å²) in [6, 6.07) is 10.2. The summed E-state index contributed by atoms with van der Waals surface area (Å²) in [5.41, 5.74) is 4.94. The normalized spacial score (nSPS) is 14.5. The van der Waals surface area contributed by atoms with E-state index >= 15 is 0 Å². The minimum atomic E-state index is -0.103. The van der Waals surface area contributed by atoms with Crippen LogP contribution in [-0.2, 0) is 19.3 Å². The summed E-state index contributed by atoms with van der Waals surface area (Å²) in [5.74, 6) is -0.103. The van der Waals surface area contributed by atoms with E-state index in [0.717, 1.165) is 19.3 Å². The van der Waals surface area contributed by atoms with Gasteiger partial charge in [-0.05, 0) is 43.2 Å². The van der Waals surface area contributed by atoms with Crippen molar-refractivity contribution >= 4 is 11.6 Å². The first-order valence-corrected chi connectivity index (χ1v) is 9.49. The number of hydrogen-bond donors (Lipinski definition) is 1. The van der Waals surface area contributed by atoms with Crippen molar-refractivity contribution in [1.29, 1.82) is 0 Å². The Morgan fingerprint density at radius 2 is 1.85 bits per heavy atom. The van der Waals surface area contributed by atoms with Gasteiger partial charge in [-0.3, -0.25) is 4.79 Å². The highest BCUT2D eigenvalue weighted by Crippen LogP contribution is 2.21. The molecule has 0 spiro atoms. The molecular weight excluding hydrogens is 324 g/mol. The molecule has 3 aromatic rings. The third-order valence-electron chi connectivity index (χ3n) is 5.11. The van der Waals surface area contributed by atoms with Crippen LogP contribution in [0.15, 0.2) is 42.7 Å². The van der Waals surface area contributed by atoms with Gasteiger partial charge in [-0.25, -0.2) is 9.50 Å². The first kappa shape index (κ1) is 16.8. The van der Waals surface area contributed by atoms with Gasteiger partial charge in [0.05, 0.1) is 6.20 Å². The largest absolute Gasteiger partial charge is 0.352 e. The Labute approximate surface area is 153 Å². The number of fused-ring (bicyclic) bond motifs is 3. The lowest BCUT2D eigenvalue weighted by Crippen LogP contribution is -2.25. The van der Waals surface area contributed by atoms with E-state index in [9.17, 15) is 4.79 Å². The van der Waals surface area contributed by atoms with E-state index in [0.29, 0.717) is 17.8 Å². The van der Waals surface area contributed by atoms with Gasteiger partial charge >= 0.3 is 0 Å². The van der Waals surface area contributed by atoms with E-state index in [4.69, 9.17) is 0 Å². The summed E-state index contributed by atoms with van der Waals surface area (Å²) >= 11 is 0. The number of carbonyl (C=O) groups excluding carboxylic acids is 1. The highest BCUT2D eigenvalue weighted by molar-refractivity contribution is 5.99. The fourth-order valence-electron chi connectivity index (χ4n) is 3.67. The highest BCUT2D eigenvalue weighted by atomic mass is 16.1. The van der Waals surface area contributed by atoms with Gasteiger partial charge in [-0.1, -0.05) is 43.2 Å². The molecule has 5 heteroatoms. The number of aromatic nitrogens is 3. The molecule has 0 radical (unpaired) electrons. The second-order valence-electron chi connectivity index (χ2n) is 6.93. The highest BCUT2D eigenvalue weighted by Gasteiger charge is 2.18. The molecule has 0 atom stereocenters. The first-order chi connectivity index (χ1) is 12.8. The molecule has 1 aliphatic rings. The van der Waals surface area contributed by atoms with Crippen molar-refractivity contribution in [3.05, 3.63) is 65.1 Å². The zero-order valence-corrected chi connectivity index (χ0v) is 14.9. The van der Waals surface area contributed by atoms with Crippen LogP contribution in [0, 0.1) is 0 Å². The summed E-state index contributed by atoms with van der Waals surface area (Å²) in [7, 11) is 0. The first-order valence-electron chi connectivity index (χ1n) is 9.49. The molecule has 1 amide bonds. The molecule has 1 N–H and O–H groups in total. The van der Waals surface area contributed by atoms with Crippen LogP contribution < -0.4 is 5.32 Å². The second kappa shape index (κ2) is 7.68. The summed E-state index contributed by atoms with van der Waals surface area (Å²) < 4.78 is 1.88. The molecular formula is C21H24N4O. The maximum Gasteiger partial charge on any atom is 0.256 e. The van der Waals surface area contributed by atoms with Crippen LogP contribution in [0.5, 0.6) is 0 Å². The average molecular weight is 348 g/mol. The number of carbonyl (C=O) groups is 1. The van der Waals surface area contributed by atoms with Gasteiger partial charge < -0.3 is 5.32 Å². The monoisotopic (exact) mass is 348 g/mol. The summed E-state index contributed by atoms with van der Waals surface area (Å²) in [5, 5.41) is 7.48. The van der Waals surface area contributed by atoms with E-state index in [2.05, 4.69) is 27.5 Å². The van der Waals surface area contributed by atoms with E-state index in [1.54, 1.807) is 6.20 Å². The third-order valence-corrected chi connectivity index (χ3v) is 5.11. The zero-order chi connectivity index (χ0) is 17.8. The van der Waals surface area contributed by atoms with E-state index in [-0.39, 0.29) is 5.91 Å². The van der Waals surface area contributed by atoms with Crippen molar-refractivity contribution in [3.8, 4) is 0 Å². The molecule has 0 fully saturated rings. The summed E-state index contributed by atoms with van der Waals surface area (Å²) in [6.07, 6.45) is 11.4. The molecule has 0 unspecified atom stereocenters. The standard InChI is InChI=1S/C21H24N4O/c26-21(22-13-12-16-8-4-3-5-9-16)18-15-24-25-19-11-7-2-1-6-10-17(19)14-23-20(18)25/h3-5,8-9,14-15H,1-2,6-7,10-13H2,(H,22,26). The van der Waals surface area contributed by atoms with Gasteiger partial charge in [0.25, 0.3) is 5.91 Å². The minimum Gasteiger partial charge on any atom is -0.352 e. The number of nitrogens with zero attached hydrogens (tertiary/aromatic N) is 3. The van der Waals surface area contributed by atoms with Crippen LogP contribution >= 0.6 is 0 Å². The van der Waals surface area contributed by atoms with Gasteiger partial charge in [0.2, 0.25) is 0 Å². The van der Waals surface area contributed by atoms with Crippen LogP contribution in [-0.4, -0.2) is 27.0 Å². The zero-order valence-electron chi connectivity index (χ0n) is 14.9. The Balaban J connectivity index is 1.51. The van der Waals surface area contributed by atoms with Crippen molar-refractivity contribution in [2.75, 3.05) is 6.54 Å². The molecule has 2 aromatic heterocycles. The lowest BCUT2D eigenvalue weighted by molar-refractivity contribution is 0.0955. The smallest absolute Gasteiger partial charge is 0.256 e. The number of nitrogens with one attached hydrogen (secondary N) is 1. The van der Waals surface area contributed by atoms with Gasteiger partial charge in [0, 0.05) is 18.4 Å². The summed E-state index contributed by atoms with van der Waals surface area (Å²) in [6.45, 7) is 0.602. The molecule has 2 heterocycles. The van der Waals surface area contributed by atoms with Crippen molar-refractivity contribution < 1.29 is 4.79 Å². The predicted octanol–water partition coefficient (Wildman–Crippen LogP) is 3.36. The fraction of sp³-hybridized carbons (Fsp3) is 0.381. The minimum absolute atomic E-state index is 0.103. The Kier molecular flexibility index (Phi) is 4.95. The van der Waals surface area contributed by atoms with Crippen molar-refractivity contribution in [3.63, 3.8) is 0 Å². The third kappa shape index (κ3) is 3.47. The molecule has 4 rings (SSSR count).